The number of carbonyl (C=O) groups excluding carboxylic acids is 1. The van der Waals surface area contributed by atoms with Crippen LogP contribution in [-0.4, -0.2) is 36.0 Å². The monoisotopic (exact) mass is 332 g/mol. The van der Waals surface area contributed by atoms with Crippen LogP contribution in [0, 0.1) is 23.2 Å². The third-order valence-electron chi connectivity index (χ3n) is 6.76. The fraction of sp³-hybridized carbons (Fsp3) is 0.750. The van der Waals surface area contributed by atoms with Crippen molar-refractivity contribution in [1.29, 1.82) is 0 Å². The number of aliphatic hydroxyl groups is 1. The first kappa shape index (κ1) is 16.5. The number of allylic oxidation sites excluding steroid dienone is 1. The Morgan fingerprint density at radius 2 is 1.92 bits per heavy atom. The smallest absolute Gasteiger partial charge is 0.195 e. The topological polar surface area (TPSA) is 55.8 Å². The number of aliphatic hydroxyl groups excluding tert-OH is 1. The summed E-state index contributed by atoms with van der Waals surface area (Å²) in [4.78, 5) is 13.1. The van der Waals surface area contributed by atoms with Gasteiger partial charge in [0.2, 0.25) is 0 Å². The van der Waals surface area contributed by atoms with Gasteiger partial charge in [-0.05, 0) is 48.7 Å². The molecule has 1 aliphatic heterocycles. The van der Waals surface area contributed by atoms with Gasteiger partial charge in [0.15, 0.2) is 11.6 Å². The van der Waals surface area contributed by atoms with Crippen molar-refractivity contribution in [2.24, 2.45) is 23.2 Å². The molecule has 1 spiro atoms. The van der Waals surface area contributed by atoms with Crippen molar-refractivity contribution in [3.05, 3.63) is 23.3 Å². The molecule has 0 aromatic heterocycles. The third kappa shape index (κ3) is 2.19. The van der Waals surface area contributed by atoms with Crippen LogP contribution in [0.4, 0.5) is 0 Å². The van der Waals surface area contributed by atoms with Crippen LogP contribution < -0.4 is 0 Å². The van der Waals surface area contributed by atoms with Gasteiger partial charge in [0.25, 0.3) is 0 Å². The molecule has 2 fully saturated rings. The SMILES string of the molecule is CC(C)[C@H]1CC[C@]2(C)C(=O)C=C3C(=C[C@H](O)CCC34OCCO4)[C@H]12. The first-order chi connectivity index (χ1) is 11.4. The Labute approximate surface area is 143 Å². The molecule has 4 atom stereocenters. The third-order valence-corrected chi connectivity index (χ3v) is 6.76. The van der Waals surface area contributed by atoms with Gasteiger partial charge in [-0.3, -0.25) is 4.79 Å². The second-order valence-electron chi connectivity index (χ2n) is 8.44. The van der Waals surface area contributed by atoms with Gasteiger partial charge in [0.1, 0.15) is 0 Å². The van der Waals surface area contributed by atoms with Crippen molar-refractivity contribution in [3.8, 4) is 0 Å². The molecule has 4 heteroatoms. The van der Waals surface area contributed by atoms with Gasteiger partial charge in [-0.1, -0.05) is 26.8 Å². The maximum absolute atomic E-state index is 13.1. The average Bonchev–Trinajstić information content (AvgIpc) is 3.11. The molecular formula is C20H28O4. The highest BCUT2D eigenvalue weighted by Crippen LogP contribution is 2.59. The van der Waals surface area contributed by atoms with Crippen LogP contribution in [0.25, 0.3) is 0 Å². The lowest BCUT2D eigenvalue weighted by molar-refractivity contribution is -0.138. The molecule has 24 heavy (non-hydrogen) atoms. The van der Waals surface area contributed by atoms with Crippen molar-refractivity contribution < 1.29 is 19.4 Å². The highest BCUT2D eigenvalue weighted by molar-refractivity contribution is 5.99. The highest BCUT2D eigenvalue weighted by atomic mass is 16.7. The van der Waals surface area contributed by atoms with E-state index in [0.29, 0.717) is 37.9 Å². The minimum Gasteiger partial charge on any atom is -0.389 e. The number of carbonyl (C=O) groups is 1. The number of fused-ring (bicyclic) bond motifs is 4. The Hall–Kier alpha value is -0.970. The molecule has 0 bridgehead atoms. The predicted octanol–water partition coefficient (Wildman–Crippen LogP) is 3.01. The normalized spacial score (nSPS) is 41.0. The van der Waals surface area contributed by atoms with Crippen molar-refractivity contribution in [3.63, 3.8) is 0 Å². The zero-order valence-corrected chi connectivity index (χ0v) is 14.9. The summed E-state index contributed by atoms with van der Waals surface area (Å²) in [5.41, 5.74) is 1.64. The molecule has 0 unspecified atom stereocenters. The van der Waals surface area contributed by atoms with Crippen molar-refractivity contribution in [2.75, 3.05) is 13.2 Å². The van der Waals surface area contributed by atoms with E-state index >= 15 is 0 Å². The minimum atomic E-state index is -0.829. The van der Waals surface area contributed by atoms with Crippen molar-refractivity contribution in [1.82, 2.24) is 0 Å². The molecule has 0 aromatic carbocycles. The average molecular weight is 332 g/mol. The van der Waals surface area contributed by atoms with Crippen molar-refractivity contribution in [2.45, 2.75) is 58.3 Å². The first-order valence-corrected chi connectivity index (χ1v) is 9.32. The summed E-state index contributed by atoms with van der Waals surface area (Å²) in [5, 5.41) is 10.5. The summed E-state index contributed by atoms with van der Waals surface area (Å²) in [6.45, 7) is 7.68. The van der Waals surface area contributed by atoms with Gasteiger partial charge in [0.05, 0.1) is 19.3 Å². The van der Waals surface area contributed by atoms with Crippen LogP contribution in [0.1, 0.15) is 46.5 Å². The van der Waals surface area contributed by atoms with Gasteiger partial charge >= 0.3 is 0 Å². The number of ketones is 1. The maximum Gasteiger partial charge on any atom is 0.195 e. The van der Waals surface area contributed by atoms with Gasteiger partial charge in [-0.15, -0.1) is 0 Å². The molecule has 4 aliphatic rings. The summed E-state index contributed by atoms with van der Waals surface area (Å²) >= 11 is 0. The van der Waals surface area contributed by atoms with Gasteiger partial charge in [-0.2, -0.15) is 0 Å². The van der Waals surface area contributed by atoms with Crippen LogP contribution >= 0.6 is 0 Å². The quantitative estimate of drug-likeness (QED) is 0.802. The van der Waals surface area contributed by atoms with E-state index in [1.807, 2.05) is 6.08 Å². The Morgan fingerprint density at radius 1 is 1.21 bits per heavy atom. The zero-order valence-electron chi connectivity index (χ0n) is 14.9. The number of ether oxygens (including phenoxy) is 2. The fourth-order valence-electron chi connectivity index (χ4n) is 5.42. The molecule has 132 valence electrons. The van der Waals surface area contributed by atoms with Crippen LogP contribution in [0.2, 0.25) is 0 Å². The van der Waals surface area contributed by atoms with Crippen LogP contribution in [0.15, 0.2) is 23.3 Å². The molecule has 1 heterocycles. The molecule has 0 radical (unpaired) electrons. The highest BCUT2D eigenvalue weighted by Gasteiger charge is 2.58. The molecule has 0 aromatic rings. The van der Waals surface area contributed by atoms with E-state index < -0.39 is 11.9 Å². The molecule has 1 saturated carbocycles. The lowest BCUT2D eigenvalue weighted by Gasteiger charge is -2.43. The Morgan fingerprint density at radius 3 is 2.58 bits per heavy atom. The second kappa shape index (κ2) is 5.52. The summed E-state index contributed by atoms with van der Waals surface area (Å²) < 4.78 is 12.0. The van der Waals surface area contributed by atoms with Crippen molar-refractivity contribution >= 4 is 5.78 Å². The number of rotatable bonds is 1. The van der Waals surface area contributed by atoms with Crippen LogP contribution in [0.3, 0.4) is 0 Å². The van der Waals surface area contributed by atoms with Gasteiger partial charge < -0.3 is 14.6 Å². The molecule has 0 amide bonds. The molecule has 4 nitrogen and oxygen atoms in total. The molecular weight excluding hydrogens is 304 g/mol. The van der Waals surface area contributed by atoms with Crippen LogP contribution in [0.5, 0.6) is 0 Å². The van der Waals surface area contributed by atoms with E-state index in [4.69, 9.17) is 9.47 Å². The predicted molar refractivity (Wildman–Crippen MR) is 90.2 cm³/mol. The van der Waals surface area contributed by atoms with Gasteiger partial charge in [0, 0.05) is 17.4 Å². The number of hydrogen-bond acceptors (Lipinski definition) is 4. The Kier molecular flexibility index (Phi) is 3.79. The number of hydrogen-bond donors (Lipinski definition) is 1. The molecule has 1 N–H and O–H groups in total. The van der Waals surface area contributed by atoms with E-state index in [1.54, 1.807) is 6.08 Å². The first-order valence-electron chi connectivity index (χ1n) is 9.32. The maximum atomic E-state index is 13.1. The summed E-state index contributed by atoms with van der Waals surface area (Å²) in [5.74, 6) is 0.495. The Balaban J connectivity index is 1.88. The lowest BCUT2D eigenvalue weighted by Crippen LogP contribution is -2.44. The molecule has 4 rings (SSSR count). The van der Waals surface area contributed by atoms with E-state index in [9.17, 15) is 9.90 Å². The summed E-state index contributed by atoms with van der Waals surface area (Å²) in [6, 6.07) is 0. The van der Waals surface area contributed by atoms with E-state index in [2.05, 4.69) is 20.8 Å². The molecule has 3 aliphatic carbocycles. The lowest BCUT2D eigenvalue weighted by atomic mass is 9.62. The molecule has 1 saturated heterocycles. The summed E-state index contributed by atoms with van der Waals surface area (Å²) in [7, 11) is 0. The minimum absolute atomic E-state index is 0.155. The van der Waals surface area contributed by atoms with E-state index in [1.165, 1.54) is 0 Å². The van der Waals surface area contributed by atoms with E-state index in [0.717, 1.165) is 24.0 Å². The summed E-state index contributed by atoms with van der Waals surface area (Å²) in [6.07, 6.45) is 6.45. The fourth-order valence-corrected chi connectivity index (χ4v) is 5.42. The van der Waals surface area contributed by atoms with Crippen LogP contribution in [-0.2, 0) is 14.3 Å². The zero-order chi connectivity index (χ0) is 17.1. The van der Waals surface area contributed by atoms with Gasteiger partial charge in [-0.25, -0.2) is 0 Å². The Bertz CT molecular complexity index is 611. The second-order valence-corrected chi connectivity index (χ2v) is 8.44. The van der Waals surface area contributed by atoms with E-state index in [-0.39, 0.29) is 17.1 Å². The largest absolute Gasteiger partial charge is 0.389 e. The standard InChI is InChI=1S/C20H28O4/c1-12(2)14-5-6-19(3)17(22)11-16-15(18(14)19)10-13(21)4-7-20(16)23-8-9-24-20/h10-14,18,21H,4-9H2,1-3H3/t13-,14-,18+,19-/m1/s1.